The van der Waals surface area contributed by atoms with Crippen molar-refractivity contribution in [1.29, 1.82) is 0 Å². The van der Waals surface area contributed by atoms with E-state index in [1.807, 2.05) is 6.08 Å². The van der Waals surface area contributed by atoms with E-state index >= 15 is 0 Å². The highest BCUT2D eigenvalue weighted by atomic mass is 16.3. The third-order valence-electron chi connectivity index (χ3n) is 7.20. The maximum absolute atomic E-state index is 12.2. The highest BCUT2D eigenvalue weighted by molar-refractivity contribution is 5.97. The zero-order chi connectivity index (χ0) is 13.9. The van der Waals surface area contributed by atoms with Crippen LogP contribution >= 0.6 is 0 Å². The summed E-state index contributed by atoms with van der Waals surface area (Å²) in [5.41, 5.74) is -0.0812. The van der Waals surface area contributed by atoms with Gasteiger partial charge in [-0.2, -0.15) is 0 Å². The Hall–Kier alpha value is -0.630. The Labute approximate surface area is 121 Å². The molecule has 20 heavy (non-hydrogen) atoms. The SMILES string of the molecule is C[C@]12CC[C@H]3[C@@H](CC[C@H]4C[C@@H](O)CC[C@@H]43)[C@H]1C=CC2=O. The maximum atomic E-state index is 12.2. The number of aliphatic hydroxyl groups excluding tert-OH is 1. The van der Waals surface area contributed by atoms with Crippen molar-refractivity contribution in [2.45, 2.75) is 58.0 Å². The van der Waals surface area contributed by atoms with Gasteiger partial charge in [0, 0.05) is 5.41 Å². The summed E-state index contributed by atoms with van der Waals surface area (Å²) >= 11 is 0. The number of rotatable bonds is 0. The van der Waals surface area contributed by atoms with E-state index in [0.717, 1.165) is 42.9 Å². The molecule has 0 heterocycles. The van der Waals surface area contributed by atoms with Gasteiger partial charge < -0.3 is 5.11 Å². The molecule has 0 saturated heterocycles. The number of hydrogen-bond acceptors (Lipinski definition) is 2. The van der Waals surface area contributed by atoms with Crippen LogP contribution in [0.2, 0.25) is 0 Å². The molecular weight excluding hydrogens is 248 g/mol. The molecular formula is C18H26O2. The first-order chi connectivity index (χ1) is 9.59. The van der Waals surface area contributed by atoms with Crippen molar-refractivity contribution in [2.24, 2.45) is 35.0 Å². The van der Waals surface area contributed by atoms with Crippen LogP contribution in [0.1, 0.15) is 51.9 Å². The van der Waals surface area contributed by atoms with Gasteiger partial charge in [0.2, 0.25) is 0 Å². The zero-order valence-electron chi connectivity index (χ0n) is 12.4. The normalized spacial score (nSPS) is 54.2. The van der Waals surface area contributed by atoms with Crippen molar-refractivity contribution in [1.82, 2.24) is 0 Å². The summed E-state index contributed by atoms with van der Waals surface area (Å²) in [7, 11) is 0. The van der Waals surface area contributed by atoms with E-state index < -0.39 is 0 Å². The molecule has 0 aromatic rings. The lowest BCUT2D eigenvalue weighted by Crippen LogP contribution is -2.49. The number of hydrogen-bond donors (Lipinski definition) is 1. The predicted octanol–water partition coefficient (Wildman–Crippen LogP) is 3.35. The van der Waals surface area contributed by atoms with E-state index in [-0.39, 0.29) is 11.5 Å². The fourth-order valence-corrected chi connectivity index (χ4v) is 6.10. The van der Waals surface area contributed by atoms with Crippen molar-refractivity contribution >= 4 is 5.78 Å². The Morgan fingerprint density at radius 1 is 1.10 bits per heavy atom. The van der Waals surface area contributed by atoms with E-state index in [2.05, 4.69) is 13.0 Å². The molecule has 0 aliphatic heterocycles. The highest BCUT2D eigenvalue weighted by Crippen LogP contribution is 2.59. The third-order valence-corrected chi connectivity index (χ3v) is 7.20. The lowest BCUT2D eigenvalue weighted by atomic mass is 9.50. The monoisotopic (exact) mass is 274 g/mol. The first-order valence-electron chi connectivity index (χ1n) is 8.50. The number of ketones is 1. The van der Waals surface area contributed by atoms with Crippen LogP contribution in [0.15, 0.2) is 12.2 Å². The second-order valence-corrected chi connectivity index (χ2v) is 8.00. The molecule has 7 atom stereocenters. The van der Waals surface area contributed by atoms with Gasteiger partial charge in [-0.1, -0.05) is 13.0 Å². The zero-order valence-corrected chi connectivity index (χ0v) is 12.4. The van der Waals surface area contributed by atoms with Crippen LogP contribution in [0.5, 0.6) is 0 Å². The fraction of sp³-hybridized carbons (Fsp3) is 0.833. The van der Waals surface area contributed by atoms with Gasteiger partial charge in [-0.05, 0) is 80.6 Å². The Balaban J connectivity index is 1.60. The molecule has 0 radical (unpaired) electrons. The molecule has 0 spiro atoms. The molecule has 3 saturated carbocycles. The van der Waals surface area contributed by atoms with Gasteiger partial charge in [0.1, 0.15) is 0 Å². The number of fused-ring (bicyclic) bond motifs is 5. The van der Waals surface area contributed by atoms with Gasteiger partial charge in [0.15, 0.2) is 5.78 Å². The summed E-state index contributed by atoms with van der Waals surface area (Å²) in [5, 5.41) is 9.91. The summed E-state index contributed by atoms with van der Waals surface area (Å²) in [6, 6.07) is 0. The van der Waals surface area contributed by atoms with E-state index in [1.165, 1.54) is 25.7 Å². The van der Waals surface area contributed by atoms with Crippen LogP contribution in [0.25, 0.3) is 0 Å². The number of aliphatic hydroxyl groups is 1. The summed E-state index contributed by atoms with van der Waals surface area (Å²) in [5.74, 6) is 4.00. The van der Waals surface area contributed by atoms with E-state index in [4.69, 9.17) is 0 Å². The summed E-state index contributed by atoms with van der Waals surface area (Å²) in [6.45, 7) is 2.20. The van der Waals surface area contributed by atoms with Crippen LogP contribution in [0, 0.1) is 35.0 Å². The quantitative estimate of drug-likeness (QED) is 0.735. The lowest BCUT2D eigenvalue weighted by Gasteiger charge is -2.54. The second-order valence-electron chi connectivity index (χ2n) is 8.00. The molecule has 3 fully saturated rings. The molecule has 0 unspecified atom stereocenters. The molecule has 4 aliphatic carbocycles. The molecule has 4 aliphatic rings. The molecule has 1 N–H and O–H groups in total. The Morgan fingerprint density at radius 2 is 1.90 bits per heavy atom. The highest BCUT2D eigenvalue weighted by Gasteiger charge is 2.55. The van der Waals surface area contributed by atoms with Gasteiger partial charge in [-0.3, -0.25) is 4.79 Å². The maximum Gasteiger partial charge on any atom is 0.161 e. The molecule has 0 bridgehead atoms. The topological polar surface area (TPSA) is 37.3 Å². The van der Waals surface area contributed by atoms with Crippen molar-refractivity contribution in [3.63, 3.8) is 0 Å². The Bertz CT molecular complexity index is 454. The van der Waals surface area contributed by atoms with Gasteiger partial charge >= 0.3 is 0 Å². The number of carbonyl (C=O) groups excluding carboxylic acids is 1. The number of carbonyl (C=O) groups is 1. The molecule has 4 rings (SSSR count). The summed E-state index contributed by atoms with van der Waals surface area (Å²) < 4.78 is 0. The third kappa shape index (κ3) is 1.70. The predicted molar refractivity (Wildman–Crippen MR) is 78.0 cm³/mol. The first kappa shape index (κ1) is 13.1. The Morgan fingerprint density at radius 3 is 2.75 bits per heavy atom. The average molecular weight is 274 g/mol. The minimum Gasteiger partial charge on any atom is -0.393 e. The average Bonchev–Trinajstić information content (AvgIpc) is 2.74. The Kier molecular flexibility index (Phi) is 2.89. The van der Waals surface area contributed by atoms with Crippen LogP contribution in [0.3, 0.4) is 0 Å². The van der Waals surface area contributed by atoms with E-state index in [9.17, 15) is 9.90 Å². The van der Waals surface area contributed by atoms with Gasteiger partial charge in [0.05, 0.1) is 6.10 Å². The van der Waals surface area contributed by atoms with Gasteiger partial charge in [-0.15, -0.1) is 0 Å². The van der Waals surface area contributed by atoms with Crippen molar-refractivity contribution < 1.29 is 9.90 Å². The molecule has 0 amide bonds. The number of allylic oxidation sites excluding steroid dienone is 2. The molecule has 0 aromatic heterocycles. The fourth-order valence-electron chi connectivity index (χ4n) is 6.10. The van der Waals surface area contributed by atoms with Crippen molar-refractivity contribution in [2.75, 3.05) is 0 Å². The minimum atomic E-state index is -0.0812. The lowest BCUT2D eigenvalue weighted by molar-refractivity contribution is -0.131. The molecule has 2 heteroatoms. The molecule has 110 valence electrons. The summed E-state index contributed by atoms with van der Waals surface area (Å²) in [6.07, 6.45) is 12.2. The van der Waals surface area contributed by atoms with Crippen LogP contribution in [-0.2, 0) is 4.79 Å². The van der Waals surface area contributed by atoms with E-state index in [0.29, 0.717) is 11.7 Å². The van der Waals surface area contributed by atoms with E-state index in [1.54, 1.807) is 0 Å². The van der Waals surface area contributed by atoms with Crippen LogP contribution in [-0.4, -0.2) is 17.0 Å². The molecule has 2 nitrogen and oxygen atoms in total. The van der Waals surface area contributed by atoms with Crippen LogP contribution in [0.4, 0.5) is 0 Å². The van der Waals surface area contributed by atoms with Gasteiger partial charge in [0.25, 0.3) is 0 Å². The second kappa shape index (κ2) is 4.43. The smallest absolute Gasteiger partial charge is 0.161 e. The van der Waals surface area contributed by atoms with Crippen LogP contribution < -0.4 is 0 Å². The standard InChI is InChI=1S/C18H26O2/c1-18-9-8-14-13-5-3-12(19)10-11(13)2-4-15(14)16(18)6-7-17(18)20/h6-7,11-16,19H,2-5,8-10H2,1H3/t11-,12-,13-,14+,15+,16+,18-/m0/s1. The van der Waals surface area contributed by atoms with Crippen molar-refractivity contribution in [3.8, 4) is 0 Å². The van der Waals surface area contributed by atoms with Crippen molar-refractivity contribution in [3.05, 3.63) is 12.2 Å². The first-order valence-corrected chi connectivity index (χ1v) is 8.50. The largest absolute Gasteiger partial charge is 0.393 e. The molecule has 0 aromatic carbocycles. The minimum absolute atomic E-state index is 0.0467. The van der Waals surface area contributed by atoms with Gasteiger partial charge in [-0.25, -0.2) is 0 Å². The summed E-state index contributed by atoms with van der Waals surface area (Å²) in [4.78, 5) is 12.2.